The van der Waals surface area contributed by atoms with E-state index in [-0.39, 0.29) is 6.10 Å². The molecule has 1 atom stereocenters. The van der Waals surface area contributed by atoms with Crippen LogP contribution in [0.15, 0.2) is 0 Å². The Morgan fingerprint density at radius 3 is 2.69 bits per heavy atom. The van der Waals surface area contributed by atoms with Crippen LogP contribution in [-0.2, 0) is 19.4 Å². The van der Waals surface area contributed by atoms with Crippen LogP contribution in [0.3, 0.4) is 0 Å². The second-order valence-electron chi connectivity index (χ2n) is 3.69. The topological polar surface area (TPSA) is 38.0 Å². The van der Waals surface area contributed by atoms with Gasteiger partial charge in [0.05, 0.1) is 22.5 Å². The lowest BCUT2D eigenvalue weighted by Crippen LogP contribution is -2.16. The van der Waals surface area contributed by atoms with Gasteiger partial charge in [-0.15, -0.1) is 0 Å². The molecule has 1 rings (SSSR count). The van der Waals surface area contributed by atoms with Gasteiger partial charge in [-0.1, -0.05) is 18.5 Å². The zero-order valence-electron chi connectivity index (χ0n) is 10.0. The summed E-state index contributed by atoms with van der Waals surface area (Å²) < 4.78 is 1.89. The standard InChI is InChI=1S/C11H19ClN2OS/c1-4-9-11(12)10(14(5-2)13-9)6-8(15)7-16-3/h8,15H,4-7H2,1-3H3. The van der Waals surface area contributed by atoms with Gasteiger partial charge in [0.1, 0.15) is 0 Å². The minimum Gasteiger partial charge on any atom is -0.392 e. The molecule has 0 radical (unpaired) electrons. The van der Waals surface area contributed by atoms with Crippen LogP contribution in [0.4, 0.5) is 0 Å². The zero-order valence-corrected chi connectivity index (χ0v) is 11.6. The third-order valence-corrected chi connectivity index (χ3v) is 3.64. The molecule has 0 aliphatic rings. The number of aromatic nitrogens is 2. The molecule has 3 nitrogen and oxygen atoms in total. The monoisotopic (exact) mass is 262 g/mol. The molecule has 1 N–H and O–H groups in total. The fraction of sp³-hybridized carbons (Fsp3) is 0.727. The van der Waals surface area contributed by atoms with Gasteiger partial charge in [-0.25, -0.2) is 0 Å². The van der Waals surface area contributed by atoms with Crippen LogP contribution < -0.4 is 0 Å². The van der Waals surface area contributed by atoms with Gasteiger partial charge in [0.25, 0.3) is 0 Å². The fourth-order valence-electron chi connectivity index (χ4n) is 1.69. The van der Waals surface area contributed by atoms with Crippen LogP contribution >= 0.6 is 23.4 Å². The SMILES string of the molecule is CCc1nn(CC)c(CC(O)CSC)c1Cl. The number of rotatable bonds is 6. The van der Waals surface area contributed by atoms with Gasteiger partial charge in [0.15, 0.2) is 0 Å². The number of halogens is 1. The van der Waals surface area contributed by atoms with E-state index in [1.807, 2.05) is 24.8 Å². The predicted octanol–water partition coefficient (Wildman–Crippen LogP) is 2.39. The van der Waals surface area contributed by atoms with Crippen LogP contribution in [0.2, 0.25) is 5.02 Å². The van der Waals surface area contributed by atoms with E-state index in [1.54, 1.807) is 11.8 Å². The van der Waals surface area contributed by atoms with Gasteiger partial charge in [-0.3, -0.25) is 4.68 Å². The highest BCUT2D eigenvalue weighted by Gasteiger charge is 2.17. The number of aliphatic hydroxyl groups excluding tert-OH is 1. The van der Waals surface area contributed by atoms with Crippen molar-refractivity contribution in [3.05, 3.63) is 16.4 Å². The van der Waals surface area contributed by atoms with E-state index in [9.17, 15) is 5.11 Å². The maximum absolute atomic E-state index is 9.81. The molecule has 1 heterocycles. The smallest absolute Gasteiger partial charge is 0.0850 e. The van der Waals surface area contributed by atoms with Crippen LogP contribution in [0.1, 0.15) is 25.2 Å². The summed E-state index contributed by atoms with van der Waals surface area (Å²) in [6, 6.07) is 0. The van der Waals surface area contributed by atoms with Crippen molar-refractivity contribution in [3.8, 4) is 0 Å². The molecule has 0 saturated carbocycles. The first-order valence-corrected chi connectivity index (χ1v) is 7.32. The van der Waals surface area contributed by atoms with Crippen LogP contribution in [0.5, 0.6) is 0 Å². The summed E-state index contributed by atoms with van der Waals surface area (Å²) in [7, 11) is 0. The van der Waals surface area contributed by atoms with E-state index < -0.39 is 0 Å². The number of aliphatic hydroxyl groups is 1. The van der Waals surface area contributed by atoms with Gasteiger partial charge >= 0.3 is 0 Å². The van der Waals surface area contributed by atoms with E-state index in [0.29, 0.717) is 6.42 Å². The summed E-state index contributed by atoms with van der Waals surface area (Å²) in [6.45, 7) is 4.87. The third kappa shape index (κ3) is 3.15. The molecule has 5 heteroatoms. The Kier molecular flexibility index (Phi) is 5.66. The van der Waals surface area contributed by atoms with E-state index in [1.165, 1.54) is 0 Å². The van der Waals surface area contributed by atoms with E-state index in [4.69, 9.17) is 11.6 Å². The van der Waals surface area contributed by atoms with Gasteiger partial charge < -0.3 is 5.11 Å². The van der Waals surface area contributed by atoms with E-state index in [2.05, 4.69) is 5.10 Å². The predicted molar refractivity (Wildman–Crippen MR) is 70.4 cm³/mol. The first-order valence-electron chi connectivity index (χ1n) is 5.55. The quantitative estimate of drug-likeness (QED) is 0.856. The van der Waals surface area contributed by atoms with E-state index >= 15 is 0 Å². The number of thioether (sulfide) groups is 1. The van der Waals surface area contributed by atoms with Crippen molar-refractivity contribution in [2.24, 2.45) is 0 Å². The lowest BCUT2D eigenvalue weighted by atomic mass is 10.2. The summed E-state index contributed by atoms with van der Waals surface area (Å²) in [5, 5.41) is 15.0. The molecule has 1 unspecified atom stereocenters. The average molecular weight is 263 g/mol. The number of hydrogen-bond donors (Lipinski definition) is 1. The molecule has 16 heavy (non-hydrogen) atoms. The highest BCUT2D eigenvalue weighted by atomic mass is 35.5. The third-order valence-electron chi connectivity index (χ3n) is 2.48. The van der Waals surface area contributed by atoms with Gasteiger partial charge in [0.2, 0.25) is 0 Å². The molecule has 0 amide bonds. The zero-order chi connectivity index (χ0) is 12.1. The first kappa shape index (κ1) is 13.9. The minimum atomic E-state index is -0.348. The second kappa shape index (κ2) is 6.52. The molecule has 0 aromatic carbocycles. The average Bonchev–Trinajstić information content (AvgIpc) is 2.56. The van der Waals surface area contributed by atoms with Crippen LogP contribution in [0.25, 0.3) is 0 Å². The lowest BCUT2D eigenvalue weighted by Gasteiger charge is -2.10. The van der Waals surface area contributed by atoms with Gasteiger partial charge in [-0.2, -0.15) is 16.9 Å². The summed E-state index contributed by atoms with van der Waals surface area (Å²) in [5.41, 5.74) is 1.89. The van der Waals surface area contributed by atoms with Gasteiger partial charge in [-0.05, 0) is 19.6 Å². The van der Waals surface area contributed by atoms with Crippen molar-refractivity contribution < 1.29 is 5.11 Å². The van der Waals surface area contributed by atoms with Crippen molar-refractivity contribution in [2.75, 3.05) is 12.0 Å². The minimum absolute atomic E-state index is 0.348. The maximum atomic E-state index is 9.81. The Morgan fingerprint density at radius 1 is 1.50 bits per heavy atom. The fourth-order valence-corrected chi connectivity index (χ4v) is 2.54. The lowest BCUT2D eigenvalue weighted by molar-refractivity contribution is 0.197. The molecule has 0 fully saturated rings. The number of aryl methyl sites for hydroxylation is 2. The Morgan fingerprint density at radius 2 is 2.19 bits per heavy atom. The van der Waals surface area contributed by atoms with Crippen molar-refractivity contribution in [2.45, 2.75) is 39.3 Å². The molecule has 0 aliphatic heterocycles. The van der Waals surface area contributed by atoms with Crippen molar-refractivity contribution in [1.29, 1.82) is 0 Å². The molecule has 0 saturated heterocycles. The Bertz CT molecular complexity index is 341. The van der Waals surface area contributed by atoms with Crippen LogP contribution in [-0.4, -0.2) is 33.0 Å². The van der Waals surface area contributed by atoms with Crippen molar-refractivity contribution in [3.63, 3.8) is 0 Å². The molecular formula is C11H19ClN2OS. The highest BCUT2D eigenvalue weighted by molar-refractivity contribution is 7.98. The molecule has 0 bridgehead atoms. The highest BCUT2D eigenvalue weighted by Crippen LogP contribution is 2.23. The second-order valence-corrected chi connectivity index (χ2v) is 4.98. The normalized spacial score (nSPS) is 13.1. The molecular weight excluding hydrogens is 244 g/mol. The van der Waals surface area contributed by atoms with Crippen molar-refractivity contribution >= 4 is 23.4 Å². The summed E-state index contributed by atoms with van der Waals surface area (Å²) in [6.07, 6.45) is 3.05. The van der Waals surface area contributed by atoms with Crippen molar-refractivity contribution in [1.82, 2.24) is 9.78 Å². The Hall–Kier alpha value is -0.190. The van der Waals surface area contributed by atoms with Crippen LogP contribution in [0, 0.1) is 0 Å². The maximum Gasteiger partial charge on any atom is 0.0850 e. The number of nitrogens with zero attached hydrogens (tertiary/aromatic N) is 2. The first-order chi connectivity index (χ1) is 7.63. The molecule has 92 valence electrons. The summed E-state index contributed by atoms with van der Waals surface area (Å²) in [4.78, 5) is 0. The summed E-state index contributed by atoms with van der Waals surface area (Å²) in [5.74, 6) is 0.729. The molecule has 0 aliphatic carbocycles. The van der Waals surface area contributed by atoms with Gasteiger partial charge in [0, 0.05) is 18.7 Å². The molecule has 1 aromatic heterocycles. The summed E-state index contributed by atoms with van der Waals surface area (Å²) >= 11 is 7.89. The van der Waals surface area contributed by atoms with E-state index in [0.717, 1.165) is 35.1 Å². The molecule has 1 aromatic rings. The number of hydrogen-bond acceptors (Lipinski definition) is 3. The molecule has 0 spiro atoms. The Balaban J connectivity index is 2.88. The largest absolute Gasteiger partial charge is 0.392 e. The Labute approximate surface area is 106 Å².